The monoisotopic (exact) mass is 274 g/mol. The number of benzene rings is 1. The molecule has 0 saturated carbocycles. The van der Waals surface area contributed by atoms with Crippen LogP contribution in [0.5, 0.6) is 5.75 Å². The fraction of sp³-hybridized carbons (Fsp3) is 0.267. The summed E-state index contributed by atoms with van der Waals surface area (Å²) in [5.74, 6) is -2.11. The van der Waals surface area contributed by atoms with E-state index >= 15 is 0 Å². The molecule has 5 heteroatoms. The van der Waals surface area contributed by atoms with Crippen molar-refractivity contribution < 1.29 is 14.3 Å². The number of phenolic OH excluding ortho intramolecular Hbond substituents is 1. The highest BCUT2D eigenvalue weighted by molar-refractivity contribution is 6.01. The first kappa shape index (κ1) is 14.1. The zero-order valence-electron chi connectivity index (χ0n) is 11.5. The van der Waals surface area contributed by atoms with Gasteiger partial charge < -0.3 is 5.11 Å². The Kier molecular flexibility index (Phi) is 3.79. The molecule has 1 heterocycles. The summed E-state index contributed by atoms with van der Waals surface area (Å²) in [6.45, 7) is 4.89. The third kappa shape index (κ3) is 2.39. The van der Waals surface area contributed by atoms with Crippen LogP contribution < -0.4 is 0 Å². The van der Waals surface area contributed by atoms with Gasteiger partial charge in [-0.15, -0.1) is 0 Å². The minimum atomic E-state index is -0.745. The van der Waals surface area contributed by atoms with Crippen molar-refractivity contribution in [3.63, 3.8) is 0 Å². The number of aromatic nitrogens is 2. The Bertz CT molecular complexity index is 671. The number of nitrogens with zero attached hydrogens (tertiary/aromatic N) is 2. The maximum atomic E-state index is 14.1. The van der Waals surface area contributed by atoms with E-state index in [-0.39, 0.29) is 11.3 Å². The lowest BCUT2D eigenvalue weighted by Crippen LogP contribution is -2.13. The predicted octanol–water partition coefficient (Wildman–Crippen LogP) is 2.92. The molecule has 0 radical (unpaired) electrons. The predicted molar refractivity (Wildman–Crippen MR) is 72.3 cm³/mol. The zero-order valence-corrected chi connectivity index (χ0v) is 11.5. The van der Waals surface area contributed by atoms with Crippen LogP contribution in [0.1, 0.15) is 40.0 Å². The van der Waals surface area contributed by atoms with E-state index in [2.05, 4.69) is 10.2 Å². The molecule has 0 spiro atoms. The normalized spacial score (nSPS) is 12.2. The first-order chi connectivity index (χ1) is 9.43. The van der Waals surface area contributed by atoms with Crippen LogP contribution in [0.3, 0.4) is 0 Å². The topological polar surface area (TPSA) is 63.1 Å². The van der Waals surface area contributed by atoms with Crippen molar-refractivity contribution >= 4 is 5.78 Å². The lowest BCUT2D eigenvalue weighted by Gasteiger charge is -2.14. The van der Waals surface area contributed by atoms with Crippen molar-refractivity contribution in [1.29, 1.82) is 0 Å². The molecule has 20 heavy (non-hydrogen) atoms. The Morgan fingerprint density at radius 3 is 2.65 bits per heavy atom. The summed E-state index contributed by atoms with van der Waals surface area (Å²) in [5.41, 5.74) is 1.52. The molecule has 4 nitrogen and oxygen atoms in total. The standard InChI is InChI=1S/C15H15FN2O2/c1-8-4-5-11(13(16)14(8)19)9(2)15(20)12-6-7-17-18-10(12)3/h4-7,9,19H,1-3H3. The van der Waals surface area contributed by atoms with Gasteiger partial charge in [-0.3, -0.25) is 4.79 Å². The van der Waals surface area contributed by atoms with Gasteiger partial charge >= 0.3 is 0 Å². The molecule has 104 valence electrons. The highest BCUT2D eigenvalue weighted by Crippen LogP contribution is 2.30. The molecule has 1 unspecified atom stereocenters. The number of phenols is 1. The second kappa shape index (κ2) is 5.36. The molecule has 0 aliphatic heterocycles. The van der Waals surface area contributed by atoms with E-state index in [0.717, 1.165) is 0 Å². The third-order valence-electron chi connectivity index (χ3n) is 3.38. The Morgan fingerprint density at radius 1 is 1.30 bits per heavy atom. The molecule has 0 aliphatic carbocycles. The van der Waals surface area contributed by atoms with Crippen LogP contribution >= 0.6 is 0 Å². The van der Waals surface area contributed by atoms with Gasteiger partial charge in [0.2, 0.25) is 0 Å². The molecule has 0 fully saturated rings. The molecule has 2 aromatic rings. The Balaban J connectivity index is 2.42. The number of halogens is 1. The van der Waals surface area contributed by atoms with E-state index in [1.165, 1.54) is 12.3 Å². The number of Topliss-reactive ketones (excluding diaryl/α,β-unsaturated/α-hetero) is 1. The molecule has 0 bridgehead atoms. The summed E-state index contributed by atoms with van der Waals surface area (Å²) in [5, 5.41) is 17.1. The molecule has 0 amide bonds. The van der Waals surface area contributed by atoms with Crippen LogP contribution in [0.2, 0.25) is 0 Å². The summed E-state index contributed by atoms with van der Waals surface area (Å²) in [7, 11) is 0. The summed E-state index contributed by atoms with van der Waals surface area (Å²) >= 11 is 0. The minimum Gasteiger partial charge on any atom is -0.505 e. The van der Waals surface area contributed by atoms with E-state index in [9.17, 15) is 14.3 Å². The quantitative estimate of drug-likeness (QED) is 0.874. The lowest BCUT2D eigenvalue weighted by atomic mass is 9.91. The van der Waals surface area contributed by atoms with Gasteiger partial charge in [0.1, 0.15) is 0 Å². The van der Waals surface area contributed by atoms with E-state index in [1.807, 2.05) is 0 Å². The lowest BCUT2D eigenvalue weighted by molar-refractivity contribution is 0.0963. The molecular weight excluding hydrogens is 259 g/mol. The van der Waals surface area contributed by atoms with Gasteiger partial charge in [-0.1, -0.05) is 19.1 Å². The number of carbonyl (C=O) groups excluding carboxylic acids is 1. The zero-order chi connectivity index (χ0) is 14.9. The summed E-state index contributed by atoms with van der Waals surface area (Å²) in [6.07, 6.45) is 1.43. The molecular formula is C15H15FN2O2. The van der Waals surface area contributed by atoms with Gasteiger partial charge in [0.15, 0.2) is 17.3 Å². The van der Waals surface area contributed by atoms with Gasteiger partial charge in [0, 0.05) is 17.0 Å². The fourth-order valence-corrected chi connectivity index (χ4v) is 2.05. The molecule has 1 atom stereocenters. The number of aryl methyl sites for hydroxylation is 2. The van der Waals surface area contributed by atoms with Crippen LogP contribution in [-0.2, 0) is 0 Å². The van der Waals surface area contributed by atoms with Gasteiger partial charge in [0.05, 0.1) is 11.9 Å². The molecule has 0 aliphatic rings. The Hall–Kier alpha value is -2.30. The second-order valence-corrected chi connectivity index (χ2v) is 4.75. The van der Waals surface area contributed by atoms with Gasteiger partial charge in [0.25, 0.3) is 0 Å². The molecule has 1 aromatic carbocycles. The second-order valence-electron chi connectivity index (χ2n) is 4.75. The maximum Gasteiger partial charge on any atom is 0.172 e. The summed E-state index contributed by atoms with van der Waals surface area (Å²) in [4.78, 5) is 12.4. The van der Waals surface area contributed by atoms with Crippen molar-refractivity contribution in [2.45, 2.75) is 26.7 Å². The van der Waals surface area contributed by atoms with Gasteiger partial charge in [-0.05, 0) is 25.5 Å². The average molecular weight is 274 g/mol. The summed E-state index contributed by atoms with van der Waals surface area (Å²) < 4.78 is 14.1. The van der Waals surface area contributed by atoms with Crippen LogP contribution in [0.4, 0.5) is 4.39 Å². The van der Waals surface area contributed by atoms with E-state index in [0.29, 0.717) is 16.8 Å². The van der Waals surface area contributed by atoms with Crippen LogP contribution in [-0.4, -0.2) is 21.1 Å². The number of carbonyl (C=O) groups is 1. The number of rotatable bonds is 3. The minimum absolute atomic E-state index is 0.175. The van der Waals surface area contributed by atoms with Crippen LogP contribution in [0, 0.1) is 19.7 Å². The van der Waals surface area contributed by atoms with Crippen LogP contribution in [0.15, 0.2) is 24.4 Å². The number of hydrogen-bond acceptors (Lipinski definition) is 4. The first-order valence-electron chi connectivity index (χ1n) is 6.24. The maximum absolute atomic E-state index is 14.1. The third-order valence-corrected chi connectivity index (χ3v) is 3.38. The number of aromatic hydroxyl groups is 1. The molecule has 1 N–H and O–H groups in total. The van der Waals surface area contributed by atoms with Crippen molar-refractivity contribution in [3.05, 3.63) is 52.6 Å². The Labute approximate surface area is 116 Å². The van der Waals surface area contributed by atoms with Gasteiger partial charge in [-0.25, -0.2) is 4.39 Å². The largest absolute Gasteiger partial charge is 0.505 e. The van der Waals surface area contributed by atoms with Crippen molar-refractivity contribution in [1.82, 2.24) is 10.2 Å². The highest BCUT2D eigenvalue weighted by atomic mass is 19.1. The van der Waals surface area contributed by atoms with E-state index in [1.54, 1.807) is 32.9 Å². The van der Waals surface area contributed by atoms with Gasteiger partial charge in [-0.2, -0.15) is 10.2 Å². The molecule has 2 rings (SSSR count). The van der Waals surface area contributed by atoms with Crippen LogP contribution in [0.25, 0.3) is 0 Å². The van der Waals surface area contributed by atoms with E-state index < -0.39 is 17.5 Å². The SMILES string of the molecule is Cc1ccc(C(C)C(=O)c2ccnnc2C)c(F)c1O. The van der Waals surface area contributed by atoms with Crippen molar-refractivity contribution in [2.24, 2.45) is 0 Å². The fourth-order valence-electron chi connectivity index (χ4n) is 2.05. The summed E-state index contributed by atoms with van der Waals surface area (Å²) in [6, 6.07) is 4.68. The average Bonchev–Trinajstić information content (AvgIpc) is 2.44. The first-order valence-corrected chi connectivity index (χ1v) is 6.24. The van der Waals surface area contributed by atoms with Crippen molar-refractivity contribution in [2.75, 3.05) is 0 Å². The number of ketones is 1. The Morgan fingerprint density at radius 2 is 2.00 bits per heavy atom. The highest BCUT2D eigenvalue weighted by Gasteiger charge is 2.24. The number of hydrogen-bond donors (Lipinski definition) is 1. The van der Waals surface area contributed by atoms with Crippen molar-refractivity contribution in [3.8, 4) is 5.75 Å². The molecule has 1 aromatic heterocycles. The smallest absolute Gasteiger partial charge is 0.172 e. The van der Waals surface area contributed by atoms with E-state index in [4.69, 9.17) is 0 Å². The molecule has 0 saturated heterocycles.